The number of aromatic amines is 1. The molecule has 0 spiro atoms. The van der Waals surface area contributed by atoms with Crippen LogP contribution in [-0.4, -0.2) is 10.2 Å². The second-order valence-electron chi connectivity index (χ2n) is 4.14. The molecule has 0 unspecified atom stereocenters. The summed E-state index contributed by atoms with van der Waals surface area (Å²) in [5.41, 5.74) is 4.39. The number of nitrogens with one attached hydrogen (secondary N) is 2. The predicted molar refractivity (Wildman–Crippen MR) is 65.0 cm³/mol. The molecule has 1 aromatic heterocycles. The van der Waals surface area contributed by atoms with E-state index in [1.165, 1.54) is 17.7 Å². The first-order valence-electron chi connectivity index (χ1n) is 5.62. The van der Waals surface area contributed by atoms with E-state index in [0.29, 0.717) is 0 Å². The molecule has 1 aromatic carbocycles. The Labute approximate surface area is 100 Å². The lowest BCUT2D eigenvalue weighted by Crippen LogP contribution is -2.13. The molecule has 0 aliphatic carbocycles. The second kappa shape index (κ2) is 5.10. The van der Waals surface area contributed by atoms with Crippen LogP contribution in [-0.2, 0) is 13.1 Å². The molecule has 4 heteroatoms. The molecular formula is C13H16FN3. The number of benzene rings is 1. The normalized spacial score (nSPS) is 10.8. The van der Waals surface area contributed by atoms with E-state index in [1.54, 1.807) is 12.1 Å². The molecule has 3 nitrogen and oxygen atoms in total. The molecule has 90 valence electrons. The molecular weight excluding hydrogens is 217 g/mol. The number of rotatable bonds is 4. The lowest BCUT2D eigenvalue weighted by molar-refractivity contribution is 0.624. The Balaban J connectivity index is 1.90. The van der Waals surface area contributed by atoms with E-state index in [1.807, 2.05) is 13.8 Å². The van der Waals surface area contributed by atoms with Crippen LogP contribution >= 0.6 is 0 Å². The Morgan fingerprint density at radius 2 is 1.88 bits per heavy atom. The van der Waals surface area contributed by atoms with Crippen molar-refractivity contribution in [2.75, 3.05) is 0 Å². The summed E-state index contributed by atoms with van der Waals surface area (Å²) >= 11 is 0. The van der Waals surface area contributed by atoms with Crippen LogP contribution in [0.25, 0.3) is 0 Å². The third-order valence-electron chi connectivity index (χ3n) is 2.82. The Kier molecular flexibility index (Phi) is 3.54. The largest absolute Gasteiger partial charge is 0.308 e. The number of aromatic nitrogens is 2. The highest BCUT2D eigenvalue weighted by molar-refractivity contribution is 5.23. The zero-order chi connectivity index (χ0) is 12.3. The van der Waals surface area contributed by atoms with Crippen LogP contribution in [0, 0.1) is 19.7 Å². The molecule has 0 saturated carbocycles. The summed E-state index contributed by atoms with van der Waals surface area (Å²) in [6.07, 6.45) is 0. The summed E-state index contributed by atoms with van der Waals surface area (Å²) in [4.78, 5) is 0. The van der Waals surface area contributed by atoms with Crippen molar-refractivity contribution in [2.45, 2.75) is 26.9 Å². The summed E-state index contributed by atoms with van der Waals surface area (Å²) in [5, 5.41) is 10.4. The van der Waals surface area contributed by atoms with E-state index in [0.717, 1.165) is 30.0 Å². The van der Waals surface area contributed by atoms with Crippen LogP contribution in [0.15, 0.2) is 24.3 Å². The molecule has 2 rings (SSSR count). The Hall–Kier alpha value is -1.68. The van der Waals surface area contributed by atoms with Crippen LogP contribution in [0.5, 0.6) is 0 Å². The van der Waals surface area contributed by atoms with Crippen molar-refractivity contribution in [3.05, 3.63) is 52.6 Å². The van der Waals surface area contributed by atoms with Crippen LogP contribution in [0.4, 0.5) is 4.39 Å². The number of aryl methyl sites for hydroxylation is 2. The van der Waals surface area contributed by atoms with Gasteiger partial charge in [0.15, 0.2) is 0 Å². The number of hydrogen-bond acceptors (Lipinski definition) is 2. The van der Waals surface area contributed by atoms with E-state index < -0.39 is 0 Å². The van der Waals surface area contributed by atoms with Gasteiger partial charge in [0.25, 0.3) is 0 Å². The van der Waals surface area contributed by atoms with Gasteiger partial charge in [-0.05, 0) is 31.5 Å². The summed E-state index contributed by atoms with van der Waals surface area (Å²) in [7, 11) is 0. The number of nitrogens with zero attached hydrogens (tertiary/aromatic N) is 1. The van der Waals surface area contributed by atoms with Crippen LogP contribution < -0.4 is 5.32 Å². The number of hydrogen-bond donors (Lipinski definition) is 2. The van der Waals surface area contributed by atoms with Gasteiger partial charge in [0, 0.05) is 24.3 Å². The molecule has 1 heterocycles. The summed E-state index contributed by atoms with van der Waals surface area (Å²) in [5.74, 6) is -0.199. The lowest BCUT2D eigenvalue weighted by atomic mass is 10.2. The monoisotopic (exact) mass is 233 g/mol. The molecule has 2 aromatic rings. The minimum atomic E-state index is -0.199. The van der Waals surface area contributed by atoms with E-state index in [2.05, 4.69) is 15.5 Å². The average molecular weight is 233 g/mol. The summed E-state index contributed by atoms with van der Waals surface area (Å²) in [6, 6.07) is 6.53. The highest BCUT2D eigenvalue weighted by Crippen LogP contribution is 2.09. The van der Waals surface area contributed by atoms with Crippen molar-refractivity contribution in [1.29, 1.82) is 0 Å². The van der Waals surface area contributed by atoms with Gasteiger partial charge in [0.2, 0.25) is 0 Å². The fraction of sp³-hybridized carbons (Fsp3) is 0.308. The van der Waals surface area contributed by atoms with Crippen molar-refractivity contribution >= 4 is 0 Å². The highest BCUT2D eigenvalue weighted by atomic mass is 19.1. The van der Waals surface area contributed by atoms with Gasteiger partial charge in [-0.15, -0.1) is 0 Å². The fourth-order valence-electron chi connectivity index (χ4n) is 1.77. The molecule has 0 amide bonds. The van der Waals surface area contributed by atoms with Crippen molar-refractivity contribution in [1.82, 2.24) is 15.5 Å². The van der Waals surface area contributed by atoms with E-state index >= 15 is 0 Å². The standard InChI is InChI=1S/C13H16FN3/c1-9-13(10(2)17-16-9)8-15-7-11-3-5-12(14)6-4-11/h3-6,15H,7-8H2,1-2H3,(H,16,17). The quantitative estimate of drug-likeness (QED) is 0.851. The average Bonchev–Trinajstić information content (AvgIpc) is 2.63. The topological polar surface area (TPSA) is 40.7 Å². The first-order valence-corrected chi connectivity index (χ1v) is 5.62. The Morgan fingerprint density at radius 3 is 2.47 bits per heavy atom. The number of halogens is 1. The van der Waals surface area contributed by atoms with Gasteiger partial charge in [-0.3, -0.25) is 5.10 Å². The molecule has 2 N–H and O–H groups in total. The van der Waals surface area contributed by atoms with Crippen molar-refractivity contribution in [3.8, 4) is 0 Å². The molecule has 0 radical (unpaired) electrons. The maximum absolute atomic E-state index is 12.7. The maximum atomic E-state index is 12.7. The Morgan fingerprint density at radius 1 is 1.18 bits per heavy atom. The minimum Gasteiger partial charge on any atom is -0.308 e. The maximum Gasteiger partial charge on any atom is 0.123 e. The Bertz CT molecular complexity index is 468. The molecule has 0 bridgehead atoms. The van der Waals surface area contributed by atoms with Gasteiger partial charge in [0.05, 0.1) is 5.69 Å². The van der Waals surface area contributed by atoms with Crippen molar-refractivity contribution in [2.24, 2.45) is 0 Å². The molecule has 0 atom stereocenters. The van der Waals surface area contributed by atoms with Gasteiger partial charge < -0.3 is 5.32 Å². The lowest BCUT2D eigenvalue weighted by Gasteiger charge is -2.05. The van der Waals surface area contributed by atoms with Crippen LogP contribution in [0.1, 0.15) is 22.5 Å². The minimum absolute atomic E-state index is 0.199. The molecule has 0 aliphatic rings. The van der Waals surface area contributed by atoms with Crippen molar-refractivity contribution < 1.29 is 4.39 Å². The summed E-state index contributed by atoms with van der Waals surface area (Å²) < 4.78 is 12.7. The van der Waals surface area contributed by atoms with E-state index in [4.69, 9.17) is 0 Å². The van der Waals surface area contributed by atoms with Crippen molar-refractivity contribution in [3.63, 3.8) is 0 Å². The van der Waals surface area contributed by atoms with E-state index in [9.17, 15) is 4.39 Å². The third-order valence-corrected chi connectivity index (χ3v) is 2.82. The predicted octanol–water partition coefficient (Wildman–Crippen LogP) is 2.46. The molecule has 0 fully saturated rings. The van der Waals surface area contributed by atoms with Crippen LogP contribution in [0.2, 0.25) is 0 Å². The first kappa shape index (κ1) is 11.8. The fourth-order valence-corrected chi connectivity index (χ4v) is 1.77. The van der Waals surface area contributed by atoms with Gasteiger partial charge in [-0.2, -0.15) is 5.10 Å². The molecule has 0 aliphatic heterocycles. The zero-order valence-corrected chi connectivity index (χ0v) is 10.0. The van der Waals surface area contributed by atoms with Gasteiger partial charge in [0.1, 0.15) is 5.82 Å². The zero-order valence-electron chi connectivity index (χ0n) is 10.0. The van der Waals surface area contributed by atoms with Gasteiger partial charge in [-0.25, -0.2) is 4.39 Å². The second-order valence-corrected chi connectivity index (χ2v) is 4.14. The first-order chi connectivity index (χ1) is 8.16. The van der Waals surface area contributed by atoms with Crippen LogP contribution in [0.3, 0.4) is 0 Å². The van der Waals surface area contributed by atoms with Gasteiger partial charge in [-0.1, -0.05) is 12.1 Å². The summed E-state index contributed by atoms with van der Waals surface area (Å²) in [6.45, 7) is 5.49. The van der Waals surface area contributed by atoms with E-state index in [-0.39, 0.29) is 5.82 Å². The molecule has 0 saturated heterocycles. The highest BCUT2D eigenvalue weighted by Gasteiger charge is 2.05. The van der Waals surface area contributed by atoms with Gasteiger partial charge >= 0.3 is 0 Å². The molecule has 17 heavy (non-hydrogen) atoms. The SMILES string of the molecule is Cc1n[nH]c(C)c1CNCc1ccc(F)cc1. The smallest absolute Gasteiger partial charge is 0.123 e. The number of H-pyrrole nitrogens is 1. The third kappa shape index (κ3) is 2.91.